The van der Waals surface area contributed by atoms with Gasteiger partial charge in [-0.05, 0) is 12.0 Å². The molecule has 4 nitrogen and oxygen atoms in total. The van der Waals surface area contributed by atoms with Gasteiger partial charge in [-0.3, -0.25) is 0 Å². The Balaban J connectivity index is 2.92. The fraction of sp³-hybridized carbons (Fsp3) is 0.400. The highest BCUT2D eigenvalue weighted by atomic mass is 32.2. The summed E-state index contributed by atoms with van der Waals surface area (Å²) in [6, 6.07) is 8.69. The number of primary sulfonamides is 1. The molecule has 0 spiro atoms. The van der Waals surface area contributed by atoms with Crippen LogP contribution in [0.25, 0.3) is 0 Å². The Labute approximate surface area is 90.1 Å². The first-order valence-electron chi connectivity index (χ1n) is 4.74. The van der Waals surface area contributed by atoms with Crippen LogP contribution in [0.2, 0.25) is 0 Å². The van der Waals surface area contributed by atoms with Crippen molar-refractivity contribution in [3.8, 4) is 0 Å². The Hall–Kier alpha value is -0.910. The molecule has 1 rings (SSSR count). The molecule has 0 fully saturated rings. The molecule has 15 heavy (non-hydrogen) atoms. The summed E-state index contributed by atoms with van der Waals surface area (Å²) in [6.07, 6.45) is 0.749. The van der Waals surface area contributed by atoms with Crippen molar-refractivity contribution in [3.05, 3.63) is 35.9 Å². The molecule has 0 aromatic heterocycles. The molecule has 0 heterocycles. The third-order valence-electron chi connectivity index (χ3n) is 1.84. The second kappa shape index (κ2) is 5.25. The van der Waals surface area contributed by atoms with Crippen LogP contribution in [0.3, 0.4) is 0 Å². The topological polar surface area (TPSA) is 69.4 Å². The van der Waals surface area contributed by atoms with E-state index in [4.69, 9.17) is 9.88 Å². The highest BCUT2D eigenvalue weighted by Crippen LogP contribution is 2.21. The van der Waals surface area contributed by atoms with Gasteiger partial charge in [-0.2, -0.15) is 0 Å². The molecule has 0 saturated heterocycles. The predicted molar refractivity (Wildman–Crippen MR) is 58.5 cm³/mol. The van der Waals surface area contributed by atoms with E-state index in [0.29, 0.717) is 12.2 Å². The van der Waals surface area contributed by atoms with E-state index in [2.05, 4.69) is 0 Å². The molecule has 0 amide bonds. The summed E-state index contributed by atoms with van der Waals surface area (Å²) >= 11 is 0. The largest absolute Gasteiger partial charge is 0.356 e. The fourth-order valence-electron chi connectivity index (χ4n) is 1.22. The lowest BCUT2D eigenvalue weighted by atomic mass is 10.2. The zero-order valence-corrected chi connectivity index (χ0v) is 9.41. The number of benzene rings is 1. The zero-order chi connectivity index (χ0) is 11.3. The van der Waals surface area contributed by atoms with E-state index in [1.54, 1.807) is 24.3 Å². The predicted octanol–water partition coefficient (Wildman–Crippen LogP) is 1.40. The number of ether oxygens (including phenoxy) is 1. The van der Waals surface area contributed by atoms with Crippen LogP contribution in [0.15, 0.2) is 30.3 Å². The molecule has 1 aromatic carbocycles. The van der Waals surface area contributed by atoms with Crippen LogP contribution in [0.4, 0.5) is 0 Å². The van der Waals surface area contributed by atoms with Crippen molar-refractivity contribution in [2.45, 2.75) is 18.8 Å². The van der Waals surface area contributed by atoms with Gasteiger partial charge in [0, 0.05) is 6.61 Å². The van der Waals surface area contributed by atoms with Gasteiger partial charge in [0.15, 0.2) is 5.44 Å². The minimum absolute atomic E-state index is 0.371. The average Bonchev–Trinajstić information content (AvgIpc) is 2.18. The minimum atomic E-state index is -3.71. The molecule has 0 radical (unpaired) electrons. The van der Waals surface area contributed by atoms with E-state index >= 15 is 0 Å². The van der Waals surface area contributed by atoms with Crippen LogP contribution in [0.1, 0.15) is 24.3 Å². The summed E-state index contributed by atoms with van der Waals surface area (Å²) in [6.45, 7) is 2.28. The number of hydrogen-bond donors (Lipinski definition) is 1. The van der Waals surface area contributed by atoms with E-state index in [0.717, 1.165) is 6.42 Å². The number of rotatable bonds is 5. The van der Waals surface area contributed by atoms with Gasteiger partial charge in [0.05, 0.1) is 0 Å². The first-order chi connectivity index (χ1) is 7.05. The number of sulfonamides is 1. The third kappa shape index (κ3) is 3.62. The third-order valence-corrected chi connectivity index (χ3v) is 2.85. The maximum absolute atomic E-state index is 11.3. The highest BCUT2D eigenvalue weighted by Gasteiger charge is 2.23. The second-order valence-electron chi connectivity index (χ2n) is 3.20. The molecular formula is C10H15NO3S. The molecule has 0 aliphatic carbocycles. The maximum atomic E-state index is 11.3. The Morgan fingerprint density at radius 3 is 2.40 bits per heavy atom. The Morgan fingerprint density at radius 1 is 1.33 bits per heavy atom. The van der Waals surface area contributed by atoms with Crippen LogP contribution >= 0.6 is 0 Å². The maximum Gasteiger partial charge on any atom is 0.240 e. The van der Waals surface area contributed by atoms with Crippen molar-refractivity contribution in [2.75, 3.05) is 6.61 Å². The molecule has 2 N–H and O–H groups in total. The van der Waals surface area contributed by atoms with Gasteiger partial charge in [-0.1, -0.05) is 37.3 Å². The van der Waals surface area contributed by atoms with Gasteiger partial charge >= 0.3 is 0 Å². The first kappa shape index (κ1) is 12.2. The monoisotopic (exact) mass is 229 g/mol. The first-order valence-corrected chi connectivity index (χ1v) is 6.35. The summed E-state index contributed by atoms with van der Waals surface area (Å²) in [5.74, 6) is 0. The average molecular weight is 229 g/mol. The van der Waals surface area contributed by atoms with Gasteiger partial charge in [-0.15, -0.1) is 0 Å². The second-order valence-corrected chi connectivity index (χ2v) is 4.81. The van der Waals surface area contributed by atoms with Crippen molar-refractivity contribution < 1.29 is 13.2 Å². The quantitative estimate of drug-likeness (QED) is 0.829. The van der Waals surface area contributed by atoms with E-state index in [1.165, 1.54) is 0 Å². The van der Waals surface area contributed by atoms with E-state index in [1.807, 2.05) is 13.0 Å². The summed E-state index contributed by atoms with van der Waals surface area (Å²) in [7, 11) is -3.71. The standard InChI is InChI=1S/C10H15NO3S/c1-2-8-14-10(15(11,12)13)9-6-4-3-5-7-9/h3-7,10H,2,8H2,1H3,(H2,11,12,13). The van der Waals surface area contributed by atoms with Crippen LogP contribution in [0, 0.1) is 0 Å². The Bertz CT molecular complexity index is 388. The zero-order valence-electron chi connectivity index (χ0n) is 8.59. The minimum Gasteiger partial charge on any atom is -0.356 e. The molecule has 1 atom stereocenters. The lowest BCUT2D eigenvalue weighted by Gasteiger charge is -2.15. The molecule has 1 unspecified atom stereocenters. The molecule has 5 heteroatoms. The van der Waals surface area contributed by atoms with Crippen LogP contribution in [0.5, 0.6) is 0 Å². The lowest BCUT2D eigenvalue weighted by Crippen LogP contribution is -2.24. The van der Waals surface area contributed by atoms with Gasteiger partial charge in [-0.25, -0.2) is 13.6 Å². The number of nitrogens with two attached hydrogens (primary N) is 1. The smallest absolute Gasteiger partial charge is 0.240 e. The van der Waals surface area contributed by atoms with E-state index in [9.17, 15) is 8.42 Å². The van der Waals surface area contributed by atoms with Crippen molar-refractivity contribution in [1.29, 1.82) is 0 Å². The fourth-order valence-corrected chi connectivity index (χ4v) is 2.04. The van der Waals surface area contributed by atoms with Crippen molar-refractivity contribution in [3.63, 3.8) is 0 Å². The van der Waals surface area contributed by atoms with Gasteiger partial charge in [0.1, 0.15) is 0 Å². The lowest BCUT2D eigenvalue weighted by molar-refractivity contribution is 0.106. The molecule has 0 aliphatic heterocycles. The summed E-state index contributed by atoms with van der Waals surface area (Å²) in [4.78, 5) is 0. The van der Waals surface area contributed by atoms with Gasteiger partial charge in [0.2, 0.25) is 10.0 Å². The van der Waals surface area contributed by atoms with E-state index < -0.39 is 15.5 Å². The van der Waals surface area contributed by atoms with Crippen LogP contribution in [-0.2, 0) is 14.8 Å². The van der Waals surface area contributed by atoms with Gasteiger partial charge in [0.25, 0.3) is 0 Å². The summed E-state index contributed by atoms with van der Waals surface area (Å²) in [5, 5.41) is 5.10. The van der Waals surface area contributed by atoms with Crippen molar-refractivity contribution in [1.82, 2.24) is 0 Å². The Morgan fingerprint density at radius 2 is 1.93 bits per heavy atom. The molecule has 0 saturated carbocycles. The van der Waals surface area contributed by atoms with Gasteiger partial charge < -0.3 is 4.74 Å². The number of hydrogen-bond acceptors (Lipinski definition) is 3. The Kier molecular flexibility index (Phi) is 4.26. The molecule has 0 aliphatic rings. The SMILES string of the molecule is CCCOC(c1ccccc1)S(N)(=O)=O. The summed E-state index contributed by atoms with van der Waals surface area (Å²) < 4.78 is 27.8. The highest BCUT2D eigenvalue weighted by molar-refractivity contribution is 7.89. The van der Waals surface area contributed by atoms with Crippen LogP contribution < -0.4 is 5.14 Å². The molecular weight excluding hydrogens is 214 g/mol. The van der Waals surface area contributed by atoms with Crippen LogP contribution in [-0.4, -0.2) is 15.0 Å². The van der Waals surface area contributed by atoms with Crippen molar-refractivity contribution >= 4 is 10.0 Å². The normalized spacial score (nSPS) is 13.7. The molecule has 1 aromatic rings. The summed E-state index contributed by atoms with van der Waals surface area (Å²) in [5.41, 5.74) is -0.493. The molecule has 0 bridgehead atoms. The van der Waals surface area contributed by atoms with E-state index in [-0.39, 0.29) is 0 Å². The molecule has 84 valence electrons. The van der Waals surface area contributed by atoms with Crippen molar-refractivity contribution in [2.24, 2.45) is 5.14 Å².